The van der Waals surface area contributed by atoms with Gasteiger partial charge in [-0.1, -0.05) is 5.92 Å². The first-order valence-corrected chi connectivity index (χ1v) is 9.94. The Balaban J connectivity index is 1.77. The molecule has 1 heterocycles. The van der Waals surface area contributed by atoms with Gasteiger partial charge in [0.2, 0.25) is 5.91 Å². The Hall–Kier alpha value is -3.01. The normalized spacial score (nSPS) is 18.4. The second kappa shape index (κ2) is 11.1. The third-order valence-electron chi connectivity index (χ3n) is 4.99. The maximum absolute atomic E-state index is 12.5. The van der Waals surface area contributed by atoms with Crippen molar-refractivity contribution in [2.75, 3.05) is 19.7 Å². The number of likely N-dealkylation sites (tertiary alicyclic amines) is 1. The molecular weight excluding hydrogens is 370 g/mol. The lowest BCUT2D eigenvalue weighted by Crippen LogP contribution is -2.49. The van der Waals surface area contributed by atoms with Crippen LogP contribution in [0.3, 0.4) is 0 Å². The van der Waals surface area contributed by atoms with Crippen LogP contribution in [0.15, 0.2) is 24.3 Å². The van der Waals surface area contributed by atoms with Gasteiger partial charge < -0.3 is 20.3 Å². The van der Waals surface area contributed by atoms with E-state index in [0.29, 0.717) is 11.3 Å². The van der Waals surface area contributed by atoms with Crippen molar-refractivity contribution in [3.8, 4) is 18.1 Å². The van der Waals surface area contributed by atoms with Crippen LogP contribution >= 0.6 is 0 Å². The molecule has 29 heavy (non-hydrogen) atoms. The summed E-state index contributed by atoms with van der Waals surface area (Å²) >= 11 is 0. The van der Waals surface area contributed by atoms with Crippen LogP contribution in [0.4, 0.5) is 0 Å². The summed E-state index contributed by atoms with van der Waals surface area (Å²) in [4.78, 5) is 38.0. The van der Waals surface area contributed by atoms with Crippen molar-refractivity contribution in [3.63, 3.8) is 0 Å². The summed E-state index contributed by atoms with van der Waals surface area (Å²) in [7, 11) is 0. The number of carbonyl (C=O) groups excluding carboxylic acids is 3. The first-order valence-electron chi connectivity index (χ1n) is 9.94. The predicted octanol–water partition coefficient (Wildman–Crippen LogP) is 1.72. The summed E-state index contributed by atoms with van der Waals surface area (Å²) < 4.78 is 5.61. The Morgan fingerprint density at radius 3 is 2.41 bits per heavy atom. The van der Waals surface area contributed by atoms with Gasteiger partial charge in [-0.15, -0.1) is 6.42 Å². The molecule has 7 nitrogen and oxygen atoms in total. The fourth-order valence-electron chi connectivity index (χ4n) is 3.46. The van der Waals surface area contributed by atoms with Crippen molar-refractivity contribution in [1.29, 1.82) is 0 Å². The summed E-state index contributed by atoms with van der Waals surface area (Å²) in [5.74, 6) is 2.33. The van der Waals surface area contributed by atoms with Gasteiger partial charge in [-0.2, -0.15) is 0 Å². The molecule has 156 valence electrons. The van der Waals surface area contributed by atoms with Crippen molar-refractivity contribution in [3.05, 3.63) is 29.8 Å². The summed E-state index contributed by atoms with van der Waals surface area (Å²) in [6.45, 7) is 4.51. The average Bonchev–Trinajstić information content (AvgIpc) is 2.71. The second-order valence-corrected chi connectivity index (χ2v) is 7.23. The van der Waals surface area contributed by atoms with Gasteiger partial charge in [0, 0.05) is 30.6 Å². The zero-order valence-corrected chi connectivity index (χ0v) is 17.1. The van der Waals surface area contributed by atoms with Crippen LogP contribution in [-0.2, 0) is 9.59 Å². The Morgan fingerprint density at radius 1 is 1.14 bits per heavy atom. The maximum Gasteiger partial charge on any atom is 0.260 e. The highest BCUT2D eigenvalue weighted by atomic mass is 16.5. The van der Waals surface area contributed by atoms with Crippen molar-refractivity contribution >= 4 is 17.7 Å². The van der Waals surface area contributed by atoms with Crippen LogP contribution < -0.4 is 15.4 Å². The zero-order chi connectivity index (χ0) is 21.2. The third-order valence-corrected chi connectivity index (χ3v) is 4.99. The number of amides is 3. The third kappa shape index (κ3) is 6.83. The molecule has 0 aliphatic carbocycles. The SMILES string of the molecule is C#CCNC(=O)CCNC(=O)c1ccc(OCC(=O)N2C(C)CCCC2C)cc1. The number of nitrogens with one attached hydrogen (secondary N) is 2. The number of carbonyl (C=O) groups is 3. The van der Waals surface area contributed by atoms with Crippen LogP contribution in [0.5, 0.6) is 5.75 Å². The highest BCUT2D eigenvalue weighted by Gasteiger charge is 2.28. The molecule has 2 rings (SSSR count). The van der Waals surface area contributed by atoms with Crippen molar-refractivity contribution in [1.82, 2.24) is 15.5 Å². The first kappa shape index (κ1) is 22.3. The summed E-state index contributed by atoms with van der Waals surface area (Å²) in [6.07, 6.45) is 8.40. The molecule has 7 heteroatoms. The molecule has 0 radical (unpaired) electrons. The molecule has 2 unspecified atom stereocenters. The van der Waals surface area contributed by atoms with Crippen LogP contribution in [-0.4, -0.2) is 54.4 Å². The number of ether oxygens (including phenoxy) is 1. The van der Waals surface area contributed by atoms with Gasteiger partial charge in [-0.25, -0.2) is 0 Å². The molecule has 1 aromatic carbocycles. The van der Waals surface area contributed by atoms with Gasteiger partial charge in [0.1, 0.15) is 5.75 Å². The zero-order valence-electron chi connectivity index (χ0n) is 17.1. The van der Waals surface area contributed by atoms with E-state index < -0.39 is 0 Å². The molecule has 1 aliphatic rings. The number of terminal acetylenes is 1. The van der Waals surface area contributed by atoms with Gasteiger partial charge in [0.15, 0.2) is 6.61 Å². The molecular formula is C22H29N3O4. The number of hydrogen-bond acceptors (Lipinski definition) is 4. The van der Waals surface area contributed by atoms with Crippen LogP contribution in [0.2, 0.25) is 0 Å². The van der Waals surface area contributed by atoms with E-state index in [1.807, 2.05) is 4.90 Å². The van der Waals surface area contributed by atoms with E-state index in [0.717, 1.165) is 19.3 Å². The van der Waals surface area contributed by atoms with Gasteiger partial charge in [0.05, 0.1) is 6.54 Å². The van der Waals surface area contributed by atoms with Crippen LogP contribution in [0, 0.1) is 12.3 Å². The molecule has 0 spiro atoms. The van der Waals surface area contributed by atoms with Crippen LogP contribution in [0.25, 0.3) is 0 Å². The smallest absolute Gasteiger partial charge is 0.260 e. The summed E-state index contributed by atoms with van der Waals surface area (Å²) in [5.41, 5.74) is 0.450. The van der Waals surface area contributed by atoms with Crippen LogP contribution in [0.1, 0.15) is 49.9 Å². The Labute approximate surface area is 172 Å². The fraction of sp³-hybridized carbons (Fsp3) is 0.500. The summed E-state index contributed by atoms with van der Waals surface area (Å²) in [5, 5.41) is 5.21. The molecule has 0 aromatic heterocycles. The molecule has 0 bridgehead atoms. The number of nitrogens with zero attached hydrogens (tertiary/aromatic N) is 1. The van der Waals surface area contributed by atoms with Crippen molar-refractivity contribution < 1.29 is 19.1 Å². The van der Waals surface area contributed by atoms with E-state index >= 15 is 0 Å². The molecule has 2 atom stereocenters. The van der Waals surface area contributed by atoms with Gasteiger partial charge >= 0.3 is 0 Å². The summed E-state index contributed by atoms with van der Waals surface area (Å²) in [6, 6.07) is 7.03. The Morgan fingerprint density at radius 2 is 1.79 bits per heavy atom. The molecule has 1 saturated heterocycles. The van der Waals surface area contributed by atoms with E-state index in [-0.39, 0.29) is 55.9 Å². The maximum atomic E-state index is 12.5. The number of benzene rings is 1. The van der Waals surface area contributed by atoms with Crippen molar-refractivity contribution in [2.45, 2.75) is 51.6 Å². The quantitative estimate of drug-likeness (QED) is 0.652. The minimum absolute atomic E-state index is 0.0189. The minimum Gasteiger partial charge on any atom is -0.484 e. The molecule has 1 fully saturated rings. The number of piperidine rings is 1. The Bertz CT molecular complexity index is 744. The minimum atomic E-state index is -0.284. The molecule has 3 amide bonds. The van der Waals surface area contributed by atoms with Crippen molar-refractivity contribution in [2.24, 2.45) is 0 Å². The molecule has 0 saturated carbocycles. The monoisotopic (exact) mass is 399 g/mol. The topological polar surface area (TPSA) is 87.7 Å². The predicted molar refractivity (Wildman–Crippen MR) is 110 cm³/mol. The standard InChI is InChI=1S/C22H29N3O4/c1-4-13-23-20(26)12-14-24-22(28)18-8-10-19(11-9-18)29-15-21(27)25-16(2)6-5-7-17(25)3/h1,8-11,16-17H,5-7,12-15H2,2-3H3,(H,23,26)(H,24,28). The average molecular weight is 399 g/mol. The highest BCUT2D eigenvalue weighted by molar-refractivity contribution is 5.94. The number of hydrogen-bond donors (Lipinski definition) is 2. The fourth-order valence-corrected chi connectivity index (χ4v) is 3.46. The second-order valence-electron chi connectivity index (χ2n) is 7.23. The molecule has 1 aliphatic heterocycles. The lowest BCUT2D eigenvalue weighted by molar-refractivity contribution is -0.139. The number of rotatable bonds is 8. The Kier molecular flexibility index (Phi) is 8.53. The lowest BCUT2D eigenvalue weighted by Gasteiger charge is -2.38. The van der Waals surface area contributed by atoms with Gasteiger partial charge in [-0.3, -0.25) is 14.4 Å². The first-order chi connectivity index (χ1) is 13.9. The van der Waals surface area contributed by atoms with E-state index in [1.165, 1.54) is 0 Å². The lowest BCUT2D eigenvalue weighted by atomic mass is 9.97. The van der Waals surface area contributed by atoms with Gasteiger partial charge in [-0.05, 0) is 57.4 Å². The molecule has 1 aromatic rings. The van der Waals surface area contributed by atoms with Gasteiger partial charge in [0.25, 0.3) is 11.8 Å². The molecule has 2 N–H and O–H groups in total. The van der Waals surface area contributed by atoms with E-state index in [1.54, 1.807) is 24.3 Å². The van der Waals surface area contributed by atoms with E-state index in [2.05, 4.69) is 30.4 Å². The van der Waals surface area contributed by atoms with E-state index in [9.17, 15) is 14.4 Å². The highest BCUT2D eigenvalue weighted by Crippen LogP contribution is 2.23. The van der Waals surface area contributed by atoms with E-state index in [4.69, 9.17) is 11.2 Å². The largest absolute Gasteiger partial charge is 0.484 e.